The van der Waals surface area contributed by atoms with Crippen LogP contribution in [0.4, 0.5) is 0 Å². The first-order chi connectivity index (χ1) is 6.35. The predicted molar refractivity (Wildman–Crippen MR) is 60.1 cm³/mol. The van der Waals surface area contributed by atoms with Gasteiger partial charge < -0.3 is 4.74 Å². The summed E-state index contributed by atoms with van der Waals surface area (Å²) in [5.41, 5.74) is 0. The molecule has 0 amide bonds. The fraction of sp³-hybridized carbons (Fsp3) is 0.333. The summed E-state index contributed by atoms with van der Waals surface area (Å²) in [6.45, 7) is 2.91. The molecule has 0 aliphatic carbocycles. The van der Waals surface area contributed by atoms with Crippen LogP contribution >= 0.6 is 27.2 Å². The van der Waals surface area contributed by atoms with E-state index in [9.17, 15) is 0 Å². The first kappa shape index (κ1) is 13.6. The monoisotopic (exact) mass is 358 g/mol. The predicted octanol–water partition coefficient (Wildman–Crippen LogP) is 4.16. The van der Waals surface area contributed by atoms with Crippen LogP contribution in [-0.2, 0) is 13.2 Å². The third kappa shape index (κ3) is 8.92. The Labute approximate surface area is 101 Å². The third-order valence-corrected chi connectivity index (χ3v) is 1.22. The van der Waals surface area contributed by atoms with Crippen molar-refractivity contribution >= 4 is 27.2 Å². The van der Waals surface area contributed by atoms with Crippen molar-refractivity contribution in [3.63, 3.8) is 0 Å². The van der Waals surface area contributed by atoms with E-state index < -0.39 is 0 Å². The molecule has 4 heteroatoms. The van der Waals surface area contributed by atoms with E-state index in [4.69, 9.17) is 4.74 Å². The number of rotatable bonds is 3. The molecule has 1 aromatic carbocycles. The Bertz CT molecular complexity index is 194. The molecule has 0 bridgehead atoms. The van der Waals surface area contributed by atoms with E-state index in [1.54, 1.807) is 0 Å². The summed E-state index contributed by atoms with van der Waals surface area (Å²) in [7, 11) is 0. The van der Waals surface area contributed by atoms with Crippen molar-refractivity contribution < 1.29 is 17.9 Å². The van der Waals surface area contributed by atoms with E-state index in [-0.39, 0.29) is 13.2 Å². The second-order valence-electron chi connectivity index (χ2n) is 2.26. The molecule has 1 aromatic rings. The normalized spacial score (nSPS) is 7.92. The van der Waals surface area contributed by atoms with Crippen molar-refractivity contribution in [3.05, 3.63) is 30.3 Å². The summed E-state index contributed by atoms with van der Waals surface area (Å²) >= 11 is 6.25. The van der Waals surface area contributed by atoms with Crippen molar-refractivity contribution in [2.45, 2.75) is 13.3 Å². The quantitative estimate of drug-likeness (QED) is 0.735. The Morgan fingerprint density at radius 2 is 1.77 bits per heavy atom. The Hall–Kier alpha value is 0.603. The average Bonchev–Trinajstić information content (AvgIpc) is 2.18. The van der Waals surface area contributed by atoms with Crippen LogP contribution in [-0.4, -0.2) is 6.61 Å². The van der Waals surface area contributed by atoms with Gasteiger partial charge in [-0.15, -0.1) is 0 Å². The standard InChI is InChI=1S/C9H12O.2BrH.Zn/c1-2-8-10-9-6-4-3-5-7-9;;;/h3-7H,2,8H2,1H3;2*1H;/q;;;+2/p-2. The van der Waals surface area contributed by atoms with Crippen LogP contribution in [0.15, 0.2) is 30.3 Å². The maximum atomic E-state index is 5.36. The second-order valence-corrected chi connectivity index (χ2v) is 16.3. The molecule has 13 heavy (non-hydrogen) atoms. The minimum atomic E-state index is -0.250. The van der Waals surface area contributed by atoms with Gasteiger partial charge in [0.15, 0.2) is 0 Å². The number of halogens is 2. The zero-order valence-electron chi connectivity index (χ0n) is 7.67. The van der Waals surface area contributed by atoms with Gasteiger partial charge in [0.1, 0.15) is 5.75 Å². The van der Waals surface area contributed by atoms with E-state index in [0.717, 1.165) is 18.8 Å². The van der Waals surface area contributed by atoms with Crippen LogP contribution in [0, 0.1) is 0 Å². The van der Waals surface area contributed by atoms with Crippen molar-refractivity contribution in [1.29, 1.82) is 0 Å². The molecule has 1 rings (SSSR count). The molecule has 1 nitrogen and oxygen atoms in total. The molecule has 0 aliphatic rings. The van der Waals surface area contributed by atoms with Gasteiger partial charge in [-0.05, 0) is 18.6 Å². The molecule has 0 fully saturated rings. The molecule has 0 unspecified atom stereocenters. The van der Waals surface area contributed by atoms with Gasteiger partial charge in [-0.1, -0.05) is 25.1 Å². The number of ether oxygens (including phenoxy) is 1. The van der Waals surface area contributed by atoms with Crippen LogP contribution in [0.2, 0.25) is 0 Å². The Morgan fingerprint density at radius 1 is 1.23 bits per heavy atom. The molecular formula is C9H12Br2OZn. The molecule has 0 saturated heterocycles. The number of hydrogen-bond donors (Lipinski definition) is 0. The molecule has 0 aliphatic heterocycles. The Morgan fingerprint density at radius 3 is 2.23 bits per heavy atom. The number of para-hydroxylation sites is 1. The van der Waals surface area contributed by atoms with E-state index in [2.05, 4.69) is 34.2 Å². The van der Waals surface area contributed by atoms with Crippen molar-refractivity contribution in [2.75, 3.05) is 6.61 Å². The van der Waals surface area contributed by atoms with E-state index in [1.807, 2.05) is 30.3 Å². The van der Waals surface area contributed by atoms with Crippen molar-refractivity contribution in [2.24, 2.45) is 0 Å². The van der Waals surface area contributed by atoms with Crippen LogP contribution in [0.3, 0.4) is 0 Å². The SMILES string of the molecule is CCCOc1ccccc1.[Br][Zn][Br]. The van der Waals surface area contributed by atoms with Gasteiger partial charge in [0.05, 0.1) is 6.61 Å². The summed E-state index contributed by atoms with van der Waals surface area (Å²) in [4.78, 5) is 0. The van der Waals surface area contributed by atoms with Gasteiger partial charge in [-0.3, -0.25) is 0 Å². The number of benzene rings is 1. The van der Waals surface area contributed by atoms with Gasteiger partial charge in [0.25, 0.3) is 0 Å². The molecule has 0 radical (unpaired) electrons. The van der Waals surface area contributed by atoms with E-state index in [1.165, 1.54) is 0 Å². The number of hydrogen-bond acceptors (Lipinski definition) is 1. The summed E-state index contributed by atoms with van der Waals surface area (Å²) < 4.78 is 5.36. The fourth-order valence-corrected chi connectivity index (χ4v) is 0.737. The summed E-state index contributed by atoms with van der Waals surface area (Å²) in [5.74, 6) is 0.962. The molecule has 0 heterocycles. The summed E-state index contributed by atoms with van der Waals surface area (Å²) in [6.07, 6.45) is 1.06. The molecule has 0 atom stereocenters. The van der Waals surface area contributed by atoms with Gasteiger partial charge in [-0.2, -0.15) is 0 Å². The van der Waals surface area contributed by atoms with Crippen molar-refractivity contribution in [1.82, 2.24) is 0 Å². The Balaban J connectivity index is 0.000000424. The molecular weight excluding hydrogens is 349 g/mol. The van der Waals surface area contributed by atoms with E-state index in [0.29, 0.717) is 0 Å². The molecule has 0 aromatic heterocycles. The maximum absolute atomic E-state index is 5.36. The second kappa shape index (κ2) is 10.7. The minimum absolute atomic E-state index is 0.250. The van der Waals surface area contributed by atoms with Gasteiger partial charge in [-0.25, -0.2) is 0 Å². The topological polar surface area (TPSA) is 9.23 Å². The molecule has 0 spiro atoms. The first-order valence-electron chi connectivity index (χ1n) is 4.15. The van der Waals surface area contributed by atoms with Gasteiger partial charge in [0.2, 0.25) is 0 Å². The molecule has 0 saturated carbocycles. The van der Waals surface area contributed by atoms with Gasteiger partial charge in [0, 0.05) is 0 Å². The average molecular weight is 361 g/mol. The first-order valence-corrected chi connectivity index (χ1v) is 18.0. The van der Waals surface area contributed by atoms with Gasteiger partial charge >= 0.3 is 40.5 Å². The van der Waals surface area contributed by atoms with E-state index >= 15 is 0 Å². The zero-order chi connectivity index (χ0) is 9.94. The third-order valence-electron chi connectivity index (χ3n) is 1.22. The Kier molecular flexibility index (Phi) is 11.2. The van der Waals surface area contributed by atoms with Crippen LogP contribution < -0.4 is 4.74 Å². The van der Waals surface area contributed by atoms with Crippen LogP contribution in [0.5, 0.6) is 5.75 Å². The summed E-state index contributed by atoms with van der Waals surface area (Å²) in [6, 6.07) is 9.88. The van der Waals surface area contributed by atoms with Crippen LogP contribution in [0.25, 0.3) is 0 Å². The van der Waals surface area contributed by atoms with Crippen LogP contribution in [0.1, 0.15) is 13.3 Å². The molecule has 0 N–H and O–H groups in total. The molecule has 70 valence electrons. The fourth-order valence-electron chi connectivity index (χ4n) is 0.737. The van der Waals surface area contributed by atoms with Crippen molar-refractivity contribution in [3.8, 4) is 5.75 Å². The zero-order valence-corrected chi connectivity index (χ0v) is 13.8. The summed E-state index contributed by atoms with van der Waals surface area (Å²) in [5, 5.41) is 0.